The first-order valence-corrected chi connectivity index (χ1v) is 8.84. The van der Waals surface area contributed by atoms with Crippen LogP contribution in [-0.4, -0.2) is 49.1 Å². The summed E-state index contributed by atoms with van der Waals surface area (Å²) in [7, 11) is 0. The average molecular weight is 369 g/mol. The van der Waals surface area contributed by atoms with Gasteiger partial charge in [-0.05, 0) is 42.3 Å². The van der Waals surface area contributed by atoms with Crippen molar-refractivity contribution in [2.45, 2.75) is 42.8 Å². The lowest BCUT2D eigenvalue weighted by Crippen LogP contribution is -2.24. The molecule has 0 radical (unpaired) electrons. The summed E-state index contributed by atoms with van der Waals surface area (Å²) in [6, 6.07) is 3.32. The first-order valence-electron chi connectivity index (χ1n) is 7.58. The number of hydrogen-bond acceptors (Lipinski definition) is 7. The molecule has 0 aliphatic carbocycles. The van der Waals surface area contributed by atoms with Gasteiger partial charge < -0.3 is 10.1 Å². The molecule has 24 heavy (non-hydrogen) atoms. The number of amides is 1. The molecule has 2 atom stereocenters. The minimum absolute atomic E-state index is 0.134. The van der Waals surface area contributed by atoms with Crippen molar-refractivity contribution in [2.24, 2.45) is 0 Å². The third-order valence-electron chi connectivity index (χ3n) is 3.53. The lowest BCUT2D eigenvalue weighted by Gasteiger charge is -2.13. The predicted molar refractivity (Wildman–Crippen MR) is 90.0 cm³/mol. The number of ether oxygens (including phenoxy) is 1. The Bertz CT molecular complexity index is 689. The number of carbonyl (C=O) groups excluding carboxylic acids is 1. The Labute approximate surface area is 148 Å². The van der Waals surface area contributed by atoms with Crippen LogP contribution in [0.5, 0.6) is 0 Å². The van der Waals surface area contributed by atoms with E-state index in [9.17, 15) is 4.79 Å². The molecule has 0 saturated carbocycles. The first-order chi connectivity index (χ1) is 11.6. The summed E-state index contributed by atoms with van der Waals surface area (Å²) in [4.78, 5) is 16.3. The topological polar surface area (TPSA) is 94.8 Å². The molecule has 0 bridgehead atoms. The van der Waals surface area contributed by atoms with E-state index >= 15 is 0 Å². The number of tetrazole rings is 1. The van der Waals surface area contributed by atoms with Crippen LogP contribution in [0.4, 0.5) is 5.82 Å². The fraction of sp³-hybridized carbons (Fsp3) is 0.500. The van der Waals surface area contributed by atoms with Crippen LogP contribution in [0.1, 0.15) is 19.8 Å². The van der Waals surface area contributed by atoms with Gasteiger partial charge >= 0.3 is 0 Å². The quantitative estimate of drug-likeness (QED) is 0.779. The largest absolute Gasteiger partial charge is 0.376 e. The van der Waals surface area contributed by atoms with Gasteiger partial charge in [0, 0.05) is 12.8 Å². The van der Waals surface area contributed by atoms with E-state index in [1.807, 2.05) is 0 Å². The summed E-state index contributed by atoms with van der Waals surface area (Å²) in [5.41, 5.74) is 0. The van der Waals surface area contributed by atoms with Crippen LogP contribution in [0.2, 0.25) is 5.02 Å². The van der Waals surface area contributed by atoms with E-state index in [2.05, 4.69) is 25.8 Å². The van der Waals surface area contributed by atoms with Gasteiger partial charge in [0.15, 0.2) is 0 Å². The molecule has 128 valence electrons. The monoisotopic (exact) mass is 368 g/mol. The fourth-order valence-electron chi connectivity index (χ4n) is 2.27. The van der Waals surface area contributed by atoms with Gasteiger partial charge in [-0.3, -0.25) is 4.79 Å². The molecule has 1 fully saturated rings. The van der Waals surface area contributed by atoms with Crippen molar-refractivity contribution in [2.75, 3.05) is 11.9 Å². The molecule has 1 aliphatic heterocycles. The Morgan fingerprint density at radius 1 is 1.58 bits per heavy atom. The number of carbonyl (C=O) groups is 1. The number of halogens is 1. The Kier molecular flexibility index (Phi) is 5.64. The molecule has 2 aromatic rings. The average Bonchev–Trinajstić information content (AvgIpc) is 3.22. The van der Waals surface area contributed by atoms with E-state index in [0.717, 1.165) is 19.4 Å². The van der Waals surface area contributed by atoms with Crippen molar-refractivity contribution in [3.8, 4) is 0 Å². The van der Waals surface area contributed by atoms with Gasteiger partial charge in [-0.1, -0.05) is 23.4 Å². The molecule has 1 N–H and O–H groups in total. The van der Waals surface area contributed by atoms with Gasteiger partial charge in [0.05, 0.1) is 22.9 Å². The molecular formula is C14H17ClN6O2S. The first kappa shape index (κ1) is 17.1. The van der Waals surface area contributed by atoms with Crippen LogP contribution < -0.4 is 5.32 Å². The van der Waals surface area contributed by atoms with Gasteiger partial charge in [0.1, 0.15) is 5.82 Å². The normalized spacial score (nSPS) is 18.5. The highest BCUT2D eigenvalue weighted by atomic mass is 35.5. The fourth-order valence-corrected chi connectivity index (χ4v) is 3.18. The summed E-state index contributed by atoms with van der Waals surface area (Å²) in [5.74, 6) is 0.275. The van der Waals surface area contributed by atoms with Crippen molar-refractivity contribution >= 4 is 35.1 Å². The molecule has 2 aromatic heterocycles. The second-order valence-electron chi connectivity index (χ2n) is 5.39. The van der Waals surface area contributed by atoms with Crippen molar-refractivity contribution in [3.05, 3.63) is 23.4 Å². The molecule has 3 rings (SSSR count). The van der Waals surface area contributed by atoms with E-state index in [1.165, 1.54) is 18.0 Å². The molecule has 1 saturated heterocycles. The van der Waals surface area contributed by atoms with Crippen LogP contribution in [0.25, 0.3) is 0 Å². The maximum atomic E-state index is 12.3. The smallest absolute Gasteiger partial charge is 0.238 e. The Hall–Kier alpha value is -1.71. The minimum atomic E-state index is -0.378. The number of aromatic nitrogens is 5. The zero-order valence-corrected chi connectivity index (χ0v) is 14.6. The van der Waals surface area contributed by atoms with Crippen LogP contribution in [-0.2, 0) is 16.1 Å². The molecule has 1 amide bonds. The van der Waals surface area contributed by atoms with Crippen molar-refractivity contribution in [1.29, 1.82) is 0 Å². The standard InChI is InChI=1S/C14H17ClN6O2S/c1-9(13(22)17-12-5-4-10(15)7-16-12)24-14-18-19-20-21(14)8-11-3-2-6-23-11/h4-5,7,9,11H,2-3,6,8H2,1H3,(H,16,17,22). The maximum absolute atomic E-state index is 12.3. The minimum Gasteiger partial charge on any atom is -0.376 e. The number of rotatable bonds is 6. The van der Waals surface area contributed by atoms with Crippen LogP contribution in [0, 0.1) is 0 Å². The highest BCUT2D eigenvalue weighted by Crippen LogP contribution is 2.23. The van der Waals surface area contributed by atoms with Gasteiger partial charge in [0.2, 0.25) is 11.1 Å². The summed E-state index contributed by atoms with van der Waals surface area (Å²) in [6.45, 7) is 3.17. The zero-order valence-electron chi connectivity index (χ0n) is 13.1. The van der Waals surface area contributed by atoms with Crippen LogP contribution in [0.15, 0.2) is 23.5 Å². The van der Waals surface area contributed by atoms with Crippen LogP contribution >= 0.6 is 23.4 Å². The van der Waals surface area contributed by atoms with E-state index in [1.54, 1.807) is 23.7 Å². The summed E-state index contributed by atoms with van der Waals surface area (Å²) >= 11 is 7.07. The van der Waals surface area contributed by atoms with E-state index < -0.39 is 0 Å². The number of anilines is 1. The lowest BCUT2D eigenvalue weighted by atomic mass is 10.2. The lowest BCUT2D eigenvalue weighted by molar-refractivity contribution is -0.115. The highest BCUT2D eigenvalue weighted by molar-refractivity contribution is 8.00. The molecule has 0 spiro atoms. The molecule has 2 unspecified atom stereocenters. The van der Waals surface area contributed by atoms with Gasteiger partial charge in [-0.25, -0.2) is 9.67 Å². The number of pyridine rings is 1. The van der Waals surface area contributed by atoms with E-state index in [-0.39, 0.29) is 17.3 Å². The number of hydrogen-bond donors (Lipinski definition) is 1. The van der Waals surface area contributed by atoms with E-state index in [0.29, 0.717) is 22.5 Å². The third-order valence-corrected chi connectivity index (χ3v) is 4.82. The SMILES string of the molecule is CC(Sc1nnnn1CC1CCCO1)C(=O)Nc1ccc(Cl)cn1. The number of nitrogens with zero attached hydrogens (tertiary/aromatic N) is 5. The van der Waals surface area contributed by atoms with Gasteiger partial charge in [-0.2, -0.15) is 0 Å². The van der Waals surface area contributed by atoms with Crippen molar-refractivity contribution < 1.29 is 9.53 Å². The van der Waals surface area contributed by atoms with Crippen molar-refractivity contribution in [3.63, 3.8) is 0 Å². The van der Waals surface area contributed by atoms with E-state index in [4.69, 9.17) is 16.3 Å². The Morgan fingerprint density at radius 3 is 3.17 bits per heavy atom. The predicted octanol–water partition coefficient (Wildman–Crippen LogP) is 2.02. The molecule has 0 aromatic carbocycles. The van der Waals surface area contributed by atoms with Gasteiger partial charge in [0.25, 0.3) is 0 Å². The second kappa shape index (κ2) is 7.91. The molecule has 10 heteroatoms. The Balaban J connectivity index is 1.57. The molecule has 8 nitrogen and oxygen atoms in total. The number of thioether (sulfide) groups is 1. The Morgan fingerprint density at radius 2 is 2.46 bits per heavy atom. The summed E-state index contributed by atoms with van der Waals surface area (Å²) in [6.07, 6.45) is 3.68. The maximum Gasteiger partial charge on any atom is 0.238 e. The van der Waals surface area contributed by atoms with Crippen LogP contribution in [0.3, 0.4) is 0 Å². The third kappa shape index (κ3) is 4.43. The summed E-state index contributed by atoms with van der Waals surface area (Å²) < 4.78 is 7.28. The second-order valence-corrected chi connectivity index (χ2v) is 7.13. The molecule has 3 heterocycles. The number of nitrogens with one attached hydrogen (secondary N) is 1. The molecule has 1 aliphatic rings. The zero-order chi connectivity index (χ0) is 16.9. The molecular weight excluding hydrogens is 352 g/mol. The highest BCUT2D eigenvalue weighted by Gasteiger charge is 2.22. The van der Waals surface area contributed by atoms with Crippen molar-refractivity contribution in [1.82, 2.24) is 25.2 Å². The summed E-state index contributed by atoms with van der Waals surface area (Å²) in [5, 5.41) is 15.2. The van der Waals surface area contributed by atoms with Gasteiger partial charge in [-0.15, -0.1) is 5.10 Å².